The van der Waals surface area contributed by atoms with E-state index in [4.69, 9.17) is 9.47 Å². The molecular weight excluding hydrogens is 266 g/mol. The van der Waals surface area contributed by atoms with Crippen LogP contribution in [0.3, 0.4) is 0 Å². The molecule has 3 rings (SSSR count). The summed E-state index contributed by atoms with van der Waals surface area (Å²) in [4.78, 5) is 0. The van der Waals surface area contributed by atoms with Gasteiger partial charge in [0, 0.05) is 11.6 Å². The third kappa shape index (κ3) is 2.69. The van der Waals surface area contributed by atoms with E-state index in [1.54, 1.807) is 7.11 Å². The van der Waals surface area contributed by atoms with Gasteiger partial charge >= 0.3 is 0 Å². The van der Waals surface area contributed by atoms with E-state index in [-0.39, 0.29) is 6.04 Å². The van der Waals surface area contributed by atoms with Crippen LogP contribution in [0.15, 0.2) is 30.3 Å². The first-order valence-electron chi connectivity index (χ1n) is 7.13. The lowest BCUT2D eigenvalue weighted by Gasteiger charge is -2.24. The first-order chi connectivity index (χ1) is 10.3. The van der Waals surface area contributed by atoms with Gasteiger partial charge < -0.3 is 14.8 Å². The van der Waals surface area contributed by atoms with Crippen molar-refractivity contribution in [2.75, 3.05) is 20.8 Å². The summed E-state index contributed by atoms with van der Waals surface area (Å²) in [7, 11) is 3.50. The van der Waals surface area contributed by atoms with Crippen LogP contribution in [0.4, 0.5) is 0 Å². The number of methoxy groups -OCH3 is 1. The summed E-state index contributed by atoms with van der Waals surface area (Å²) >= 11 is 0. The zero-order valence-electron chi connectivity index (χ0n) is 12.3. The molecular formula is C16H19N3O2. The zero-order valence-corrected chi connectivity index (χ0v) is 12.3. The average molecular weight is 285 g/mol. The number of nitrogens with zero attached hydrogens (tertiary/aromatic N) is 2. The molecule has 1 aliphatic heterocycles. The number of hydrogen-bond donors (Lipinski definition) is 1. The zero-order chi connectivity index (χ0) is 14.7. The van der Waals surface area contributed by atoms with Crippen LogP contribution in [0.2, 0.25) is 0 Å². The SMILES string of the molecule is CNC(c1ccc(OC)nn1)c1cccc2c1OCCC2. The first kappa shape index (κ1) is 13.8. The second kappa shape index (κ2) is 6.10. The fourth-order valence-corrected chi connectivity index (χ4v) is 2.70. The van der Waals surface area contributed by atoms with Crippen molar-refractivity contribution < 1.29 is 9.47 Å². The molecule has 1 aromatic carbocycles. The van der Waals surface area contributed by atoms with E-state index in [1.165, 1.54) is 5.56 Å². The summed E-state index contributed by atoms with van der Waals surface area (Å²) < 4.78 is 11.0. The van der Waals surface area contributed by atoms with Crippen molar-refractivity contribution in [2.45, 2.75) is 18.9 Å². The molecule has 0 fully saturated rings. The van der Waals surface area contributed by atoms with Gasteiger partial charge in [-0.2, -0.15) is 0 Å². The largest absolute Gasteiger partial charge is 0.493 e. The van der Waals surface area contributed by atoms with Gasteiger partial charge in [0.15, 0.2) is 0 Å². The van der Waals surface area contributed by atoms with Crippen LogP contribution in [0, 0.1) is 0 Å². The van der Waals surface area contributed by atoms with Crippen LogP contribution in [0.25, 0.3) is 0 Å². The standard InChI is InChI=1S/C16H19N3O2/c1-17-15(13-8-9-14(20-2)19-18-13)12-7-3-5-11-6-4-10-21-16(11)12/h3,5,7-9,15,17H,4,6,10H2,1-2H3. The van der Waals surface area contributed by atoms with E-state index in [0.29, 0.717) is 5.88 Å². The molecule has 0 aliphatic carbocycles. The van der Waals surface area contributed by atoms with Gasteiger partial charge in [0.2, 0.25) is 5.88 Å². The van der Waals surface area contributed by atoms with E-state index < -0.39 is 0 Å². The maximum atomic E-state index is 5.89. The number of para-hydroxylation sites is 1. The number of hydrogen-bond acceptors (Lipinski definition) is 5. The highest BCUT2D eigenvalue weighted by atomic mass is 16.5. The van der Waals surface area contributed by atoms with Crippen LogP contribution in [0.1, 0.15) is 29.3 Å². The summed E-state index contributed by atoms with van der Waals surface area (Å²) in [5.41, 5.74) is 3.22. The Hall–Kier alpha value is -2.14. The van der Waals surface area contributed by atoms with Gasteiger partial charge in [-0.05, 0) is 31.5 Å². The quantitative estimate of drug-likeness (QED) is 0.932. The van der Waals surface area contributed by atoms with Crippen molar-refractivity contribution in [2.24, 2.45) is 0 Å². The van der Waals surface area contributed by atoms with Crippen molar-refractivity contribution in [3.05, 3.63) is 47.2 Å². The minimum atomic E-state index is -0.0449. The van der Waals surface area contributed by atoms with Gasteiger partial charge in [-0.25, -0.2) is 0 Å². The Bertz CT molecular complexity index is 613. The number of fused-ring (bicyclic) bond motifs is 1. The smallest absolute Gasteiger partial charge is 0.233 e. The molecule has 1 unspecified atom stereocenters. The molecule has 5 heteroatoms. The molecule has 1 N–H and O–H groups in total. The van der Waals surface area contributed by atoms with E-state index in [9.17, 15) is 0 Å². The molecule has 0 radical (unpaired) electrons. The molecule has 0 saturated carbocycles. The predicted octanol–water partition coefficient (Wildman–Crippen LogP) is 2.12. The normalized spacial score (nSPS) is 15.0. The van der Waals surface area contributed by atoms with Gasteiger partial charge in [0.05, 0.1) is 25.5 Å². The predicted molar refractivity (Wildman–Crippen MR) is 79.7 cm³/mol. The summed E-state index contributed by atoms with van der Waals surface area (Å²) in [6, 6.07) is 9.99. The minimum Gasteiger partial charge on any atom is -0.493 e. The molecule has 110 valence electrons. The molecule has 21 heavy (non-hydrogen) atoms. The number of aromatic nitrogens is 2. The number of benzene rings is 1. The summed E-state index contributed by atoms with van der Waals surface area (Å²) in [5.74, 6) is 1.50. The monoisotopic (exact) mass is 285 g/mol. The molecule has 1 atom stereocenters. The van der Waals surface area contributed by atoms with E-state index >= 15 is 0 Å². The van der Waals surface area contributed by atoms with E-state index in [0.717, 1.165) is 36.5 Å². The van der Waals surface area contributed by atoms with Crippen LogP contribution >= 0.6 is 0 Å². The summed E-state index contributed by atoms with van der Waals surface area (Å²) in [5, 5.41) is 11.6. The van der Waals surface area contributed by atoms with Crippen LogP contribution in [-0.4, -0.2) is 31.0 Å². The highest BCUT2D eigenvalue weighted by Crippen LogP contribution is 2.35. The summed E-state index contributed by atoms with van der Waals surface area (Å²) in [6.45, 7) is 0.773. The van der Waals surface area contributed by atoms with Gasteiger partial charge in [-0.15, -0.1) is 10.2 Å². The molecule has 5 nitrogen and oxygen atoms in total. The number of nitrogens with one attached hydrogen (secondary N) is 1. The Kier molecular flexibility index (Phi) is 4.01. The molecule has 0 bridgehead atoms. The van der Waals surface area contributed by atoms with Crippen molar-refractivity contribution >= 4 is 0 Å². The summed E-state index contributed by atoms with van der Waals surface area (Å²) in [6.07, 6.45) is 2.14. The third-order valence-corrected chi connectivity index (χ3v) is 3.73. The Morgan fingerprint density at radius 3 is 2.86 bits per heavy atom. The van der Waals surface area contributed by atoms with Crippen molar-refractivity contribution in [3.8, 4) is 11.6 Å². The Morgan fingerprint density at radius 2 is 2.14 bits per heavy atom. The lowest BCUT2D eigenvalue weighted by atomic mass is 9.96. The lowest BCUT2D eigenvalue weighted by Crippen LogP contribution is -2.22. The Balaban J connectivity index is 1.99. The molecule has 2 heterocycles. The highest BCUT2D eigenvalue weighted by Gasteiger charge is 2.22. The minimum absolute atomic E-state index is 0.0449. The molecule has 0 saturated heterocycles. The third-order valence-electron chi connectivity index (χ3n) is 3.73. The molecule has 1 aromatic heterocycles. The Labute approximate surface area is 124 Å². The maximum Gasteiger partial charge on any atom is 0.233 e. The van der Waals surface area contributed by atoms with Gasteiger partial charge in [0.25, 0.3) is 0 Å². The van der Waals surface area contributed by atoms with E-state index in [2.05, 4.69) is 33.7 Å². The van der Waals surface area contributed by atoms with Crippen molar-refractivity contribution in [1.29, 1.82) is 0 Å². The average Bonchev–Trinajstić information content (AvgIpc) is 2.56. The molecule has 2 aromatic rings. The molecule has 1 aliphatic rings. The maximum absolute atomic E-state index is 5.89. The van der Waals surface area contributed by atoms with Crippen LogP contribution in [0.5, 0.6) is 11.6 Å². The number of aryl methyl sites for hydroxylation is 1. The molecule has 0 amide bonds. The van der Waals surface area contributed by atoms with Crippen LogP contribution in [-0.2, 0) is 6.42 Å². The van der Waals surface area contributed by atoms with Gasteiger partial charge in [0.1, 0.15) is 5.75 Å². The first-order valence-corrected chi connectivity index (χ1v) is 7.13. The number of ether oxygens (including phenoxy) is 2. The fourth-order valence-electron chi connectivity index (χ4n) is 2.70. The van der Waals surface area contributed by atoms with E-state index in [1.807, 2.05) is 19.2 Å². The second-order valence-corrected chi connectivity index (χ2v) is 5.01. The second-order valence-electron chi connectivity index (χ2n) is 5.01. The molecule has 0 spiro atoms. The highest BCUT2D eigenvalue weighted by molar-refractivity contribution is 5.46. The van der Waals surface area contributed by atoms with Gasteiger partial charge in [-0.1, -0.05) is 18.2 Å². The number of rotatable bonds is 4. The van der Waals surface area contributed by atoms with Crippen molar-refractivity contribution in [3.63, 3.8) is 0 Å². The lowest BCUT2D eigenvalue weighted by molar-refractivity contribution is 0.283. The fraction of sp³-hybridized carbons (Fsp3) is 0.375. The topological polar surface area (TPSA) is 56.3 Å². The van der Waals surface area contributed by atoms with Gasteiger partial charge in [-0.3, -0.25) is 0 Å². The van der Waals surface area contributed by atoms with Crippen molar-refractivity contribution in [1.82, 2.24) is 15.5 Å². The Morgan fingerprint density at radius 1 is 1.24 bits per heavy atom. The van der Waals surface area contributed by atoms with Crippen LogP contribution < -0.4 is 14.8 Å².